The van der Waals surface area contributed by atoms with Gasteiger partial charge in [-0.05, 0) is 31.2 Å². The van der Waals surface area contributed by atoms with E-state index in [-0.39, 0.29) is 17.1 Å². The number of hydrogen-bond acceptors (Lipinski definition) is 3. The molecule has 0 radical (unpaired) electrons. The van der Waals surface area contributed by atoms with Crippen LogP contribution in [-0.2, 0) is 6.54 Å². The van der Waals surface area contributed by atoms with Crippen LogP contribution in [0.15, 0.2) is 58.8 Å². The van der Waals surface area contributed by atoms with Gasteiger partial charge >= 0.3 is 0 Å². The lowest BCUT2D eigenvalue weighted by Gasteiger charge is -2.00. The molecule has 0 bridgehead atoms. The summed E-state index contributed by atoms with van der Waals surface area (Å²) in [6, 6.07) is 12.5. The van der Waals surface area contributed by atoms with Gasteiger partial charge in [-0.15, -0.1) is 10.2 Å². The van der Waals surface area contributed by atoms with Crippen LogP contribution >= 0.6 is 0 Å². The highest BCUT2D eigenvalue weighted by atomic mass is 19.1. The molecule has 0 spiro atoms. The maximum Gasteiger partial charge on any atom is 0.295 e. The van der Waals surface area contributed by atoms with E-state index in [9.17, 15) is 14.3 Å². The van der Waals surface area contributed by atoms with Crippen molar-refractivity contribution in [1.29, 1.82) is 0 Å². The second kappa shape index (κ2) is 6.00. The van der Waals surface area contributed by atoms with E-state index in [1.807, 2.05) is 25.1 Å². The first-order valence-corrected chi connectivity index (χ1v) is 7.13. The van der Waals surface area contributed by atoms with Crippen molar-refractivity contribution in [2.45, 2.75) is 13.5 Å². The molecule has 23 heavy (non-hydrogen) atoms. The molecule has 5 nitrogen and oxygen atoms in total. The number of rotatable bonds is 3. The van der Waals surface area contributed by atoms with Gasteiger partial charge in [0.15, 0.2) is 5.69 Å². The fourth-order valence-electron chi connectivity index (χ4n) is 2.46. The molecule has 3 aromatic rings. The van der Waals surface area contributed by atoms with Crippen LogP contribution in [0.5, 0.6) is 5.88 Å². The summed E-state index contributed by atoms with van der Waals surface area (Å²) in [6.45, 7) is 2.45. The van der Waals surface area contributed by atoms with E-state index in [2.05, 4.69) is 10.2 Å². The van der Waals surface area contributed by atoms with Crippen molar-refractivity contribution < 1.29 is 14.3 Å². The van der Waals surface area contributed by atoms with Gasteiger partial charge in [-0.3, -0.25) is 4.79 Å². The molecular weight excluding hydrogens is 297 g/mol. The molecule has 0 atom stereocenters. The van der Waals surface area contributed by atoms with Gasteiger partial charge in [0.05, 0.1) is 5.52 Å². The number of amides is 1. The Kier molecular flexibility index (Phi) is 3.89. The number of aromatic nitrogens is 1. The number of nitrogens with zero attached hydrogens (tertiary/aromatic N) is 3. The number of hydrogen-bond donors (Lipinski definition) is 1. The maximum absolute atomic E-state index is 13.1. The zero-order valence-corrected chi connectivity index (χ0v) is 12.4. The predicted octanol–water partition coefficient (Wildman–Crippen LogP) is 4.43. The zero-order valence-electron chi connectivity index (χ0n) is 12.4. The first-order chi connectivity index (χ1) is 11.1. The zero-order chi connectivity index (χ0) is 16.4. The quantitative estimate of drug-likeness (QED) is 0.727. The molecule has 116 valence electrons. The Hall–Kier alpha value is -3.02. The lowest BCUT2D eigenvalue weighted by atomic mass is 10.2. The van der Waals surface area contributed by atoms with Crippen LogP contribution in [0.4, 0.5) is 10.1 Å². The van der Waals surface area contributed by atoms with Gasteiger partial charge in [0, 0.05) is 17.5 Å². The largest absolute Gasteiger partial charge is 0.493 e. The summed E-state index contributed by atoms with van der Waals surface area (Å²) in [4.78, 5) is 12.0. The van der Waals surface area contributed by atoms with Crippen LogP contribution in [0, 0.1) is 5.82 Å². The molecule has 0 saturated heterocycles. The van der Waals surface area contributed by atoms with Crippen molar-refractivity contribution in [2.75, 3.05) is 0 Å². The van der Waals surface area contributed by atoms with Crippen molar-refractivity contribution >= 4 is 22.5 Å². The third-order valence-corrected chi connectivity index (χ3v) is 3.55. The van der Waals surface area contributed by atoms with Crippen LogP contribution in [0.1, 0.15) is 17.3 Å². The Morgan fingerprint density at radius 2 is 2.00 bits per heavy atom. The third-order valence-electron chi connectivity index (χ3n) is 3.55. The molecule has 1 heterocycles. The van der Waals surface area contributed by atoms with Crippen LogP contribution in [0.25, 0.3) is 10.9 Å². The number of halogens is 1. The van der Waals surface area contributed by atoms with Crippen molar-refractivity contribution in [3.63, 3.8) is 0 Å². The number of aromatic hydroxyl groups is 1. The summed E-state index contributed by atoms with van der Waals surface area (Å²) >= 11 is 0. The van der Waals surface area contributed by atoms with Gasteiger partial charge in [-0.25, -0.2) is 4.39 Å². The van der Waals surface area contributed by atoms with Gasteiger partial charge in [0.25, 0.3) is 5.91 Å². The van der Waals surface area contributed by atoms with Gasteiger partial charge in [-0.2, -0.15) is 0 Å². The van der Waals surface area contributed by atoms with Gasteiger partial charge in [-0.1, -0.05) is 24.3 Å². The topological polar surface area (TPSA) is 66.9 Å². The Morgan fingerprint density at radius 3 is 2.74 bits per heavy atom. The lowest BCUT2D eigenvalue weighted by Crippen LogP contribution is -1.94. The van der Waals surface area contributed by atoms with Crippen LogP contribution in [0.2, 0.25) is 0 Å². The number of azo groups is 1. The van der Waals surface area contributed by atoms with E-state index < -0.39 is 11.7 Å². The molecule has 0 saturated carbocycles. The second-order valence-corrected chi connectivity index (χ2v) is 4.95. The molecule has 0 fully saturated rings. The molecule has 0 aliphatic carbocycles. The van der Waals surface area contributed by atoms with Crippen molar-refractivity contribution in [3.8, 4) is 5.88 Å². The highest BCUT2D eigenvalue weighted by molar-refractivity contribution is 5.97. The van der Waals surface area contributed by atoms with Crippen molar-refractivity contribution in [2.24, 2.45) is 10.2 Å². The van der Waals surface area contributed by atoms with Crippen LogP contribution in [-0.4, -0.2) is 15.6 Å². The molecule has 1 aromatic heterocycles. The minimum absolute atomic E-state index is 0.0514. The van der Waals surface area contributed by atoms with Crippen LogP contribution in [0.3, 0.4) is 0 Å². The van der Waals surface area contributed by atoms with Gasteiger partial charge in [0.1, 0.15) is 5.82 Å². The average Bonchev–Trinajstić information content (AvgIpc) is 2.83. The number of aryl methyl sites for hydroxylation is 1. The number of carbonyl (C=O) groups excluding carboxylic acids is 1. The third kappa shape index (κ3) is 2.70. The van der Waals surface area contributed by atoms with E-state index in [0.29, 0.717) is 11.9 Å². The molecule has 1 amide bonds. The highest BCUT2D eigenvalue weighted by Crippen LogP contribution is 2.38. The fourth-order valence-corrected chi connectivity index (χ4v) is 2.46. The Bertz CT molecular complexity index is 915. The summed E-state index contributed by atoms with van der Waals surface area (Å²) in [5.74, 6) is -1.24. The first-order valence-electron chi connectivity index (χ1n) is 7.13. The van der Waals surface area contributed by atoms with E-state index in [4.69, 9.17) is 0 Å². The fraction of sp³-hybridized carbons (Fsp3) is 0.118. The summed E-state index contributed by atoms with van der Waals surface area (Å²) in [5, 5.41) is 18.5. The first kappa shape index (κ1) is 14.9. The number of para-hydroxylation sites is 1. The van der Waals surface area contributed by atoms with E-state index >= 15 is 0 Å². The highest BCUT2D eigenvalue weighted by Gasteiger charge is 2.15. The molecular formula is C17H14FN3O2. The minimum atomic E-state index is -0.669. The van der Waals surface area contributed by atoms with Gasteiger partial charge in [0.2, 0.25) is 5.88 Å². The van der Waals surface area contributed by atoms with E-state index in [1.54, 1.807) is 10.6 Å². The SMILES string of the molecule is CCn1c(O)c(N=NC(=O)c2cccc(F)c2)c2ccccc21. The van der Waals surface area contributed by atoms with Crippen molar-refractivity contribution in [3.05, 3.63) is 59.9 Å². The molecule has 0 aliphatic heterocycles. The number of carbonyl (C=O) groups is 1. The summed E-state index contributed by atoms with van der Waals surface area (Å²) in [6.07, 6.45) is 0. The molecule has 3 rings (SSSR count). The molecule has 0 unspecified atom stereocenters. The van der Waals surface area contributed by atoms with E-state index in [0.717, 1.165) is 11.6 Å². The molecule has 0 aliphatic rings. The van der Waals surface area contributed by atoms with Crippen molar-refractivity contribution in [1.82, 2.24) is 4.57 Å². The molecule has 6 heteroatoms. The number of fused-ring (bicyclic) bond motifs is 1. The normalized spacial score (nSPS) is 11.4. The van der Waals surface area contributed by atoms with E-state index in [1.165, 1.54) is 18.2 Å². The monoisotopic (exact) mass is 311 g/mol. The minimum Gasteiger partial charge on any atom is -0.493 e. The van der Waals surface area contributed by atoms with Gasteiger partial charge < -0.3 is 9.67 Å². The Labute approximate surface area is 131 Å². The second-order valence-electron chi connectivity index (χ2n) is 4.95. The molecule has 1 N–H and O–H groups in total. The summed E-state index contributed by atoms with van der Waals surface area (Å²) < 4.78 is 14.8. The summed E-state index contributed by atoms with van der Waals surface area (Å²) in [7, 11) is 0. The smallest absolute Gasteiger partial charge is 0.295 e. The van der Waals surface area contributed by atoms with Crippen LogP contribution < -0.4 is 0 Å². The predicted molar refractivity (Wildman–Crippen MR) is 84.5 cm³/mol. The average molecular weight is 311 g/mol. The summed E-state index contributed by atoms with van der Waals surface area (Å²) in [5.41, 5.74) is 1.14. The lowest BCUT2D eigenvalue weighted by molar-refractivity contribution is 0.0994. The Morgan fingerprint density at radius 1 is 1.22 bits per heavy atom. The standard InChI is InChI=1S/C17H14FN3O2/c1-2-21-14-9-4-3-8-13(14)15(17(21)23)19-20-16(22)11-6-5-7-12(18)10-11/h3-10,23H,2H2,1H3. The Balaban J connectivity index is 2.01. The number of benzene rings is 2. The molecule has 2 aromatic carbocycles. The maximum atomic E-state index is 13.1.